The number of benzene rings is 1. The van der Waals surface area contributed by atoms with Crippen molar-refractivity contribution in [1.82, 2.24) is 0 Å². The molecule has 1 aromatic carbocycles. The average molecular weight is 311 g/mol. The largest absolute Gasteiger partial charge is 0.486 e. The molecule has 1 aromatic rings. The first-order valence-corrected chi connectivity index (χ1v) is 9.24. The topological polar surface area (TPSA) is 78.6 Å². The number of rotatable bonds is 4. The molecule has 1 saturated carbocycles. The molecule has 0 saturated heterocycles. The minimum absolute atomic E-state index is 0.0219. The normalized spacial score (nSPS) is 18.9. The van der Waals surface area contributed by atoms with E-state index in [2.05, 4.69) is 0 Å². The van der Waals surface area contributed by atoms with Crippen molar-refractivity contribution in [3.63, 3.8) is 0 Å². The molecule has 0 radical (unpaired) electrons. The van der Waals surface area contributed by atoms with Crippen LogP contribution in [-0.4, -0.2) is 27.4 Å². The number of ether oxygens (including phenoxy) is 2. The Balaban J connectivity index is 1.77. The first-order valence-electron chi connectivity index (χ1n) is 7.42. The van der Waals surface area contributed by atoms with Gasteiger partial charge < -0.3 is 15.2 Å². The van der Waals surface area contributed by atoms with Gasteiger partial charge in [0.25, 0.3) is 0 Å². The monoisotopic (exact) mass is 311 g/mol. The second-order valence-electron chi connectivity index (χ2n) is 5.90. The Morgan fingerprint density at radius 2 is 1.71 bits per heavy atom. The van der Waals surface area contributed by atoms with Gasteiger partial charge in [-0.3, -0.25) is 0 Å². The summed E-state index contributed by atoms with van der Waals surface area (Å²) in [6, 6.07) is 3.37. The molecule has 0 bridgehead atoms. The fourth-order valence-electron chi connectivity index (χ4n) is 3.10. The predicted molar refractivity (Wildman–Crippen MR) is 81.3 cm³/mol. The smallest absolute Gasteiger partial charge is 0.163 e. The van der Waals surface area contributed by atoms with E-state index >= 15 is 0 Å². The first kappa shape index (κ1) is 14.5. The van der Waals surface area contributed by atoms with Crippen molar-refractivity contribution in [2.45, 2.75) is 31.4 Å². The van der Waals surface area contributed by atoms with Gasteiger partial charge in [-0.1, -0.05) is 12.8 Å². The third kappa shape index (κ3) is 3.43. The van der Waals surface area contributed by atoms with Crippen molar-refractivity contribution in [2.75, 3.05) is 24.7 Å². The number of nitrogen functional groups attached to an aromatic ring is 1. The number of sulfone groups is 1. The molecule has 1 fully saturated rings. The number of fused-ring (bicyclic) bond motifs is 1. The molecule has 6 heteroatoms. The van der Waals surface area contributed by atoms with Crippen LogP contribution in [0.25, 0.3) is 0 Å². The van der Waals surface area contributed by atoms with Crippen molar-refractivity contribution in [3.05, 3.63) is 17.7 Å². The van der Waals surface area contributed by atoms with Crippen LogP contribution in [0.15, 0.2) is 12.1 Å². The van der Waals surface area contributed by atoms with Crippen LogP contribution in [0.2, 0.25) is 0 Å². The van der Waals surface area contributed by atoms with Crippen LogP contribution in [0.3, 0.4) is 0 Å². The van der Waals surface area contributed by atoms with Gasteiger partial charge in [0.1, 0.15) is 13.2 Å². The minimum Gasteiger partial charge on any atom is -0.486 e. The molecule has 1 aliphatic carbocycles. The van der Waals surface area contributed by atoms with Crippen LogP contribution in [0.4, 0.5) is 5.69 Å². The van der Waals surface area contributed by atoms with Crippen LogP contribution in [0, 0.1) is 5.92 Å². The van der Waals surface area contributed by atoms with Crippen LogP contribution < -0.4 is 15.2 Å². The highest BCUT2D eigenvalue weighted by atomic mass is 32.2. The lowest BCUT2D eigenvalue weighted by Crippen LogP contribution is -2.18. The zero-order valence-electron chi connectivity index (χ0n) is 12.0. The first-order chi connectivity index (χ1) is 10.0. The Morgan fingerprint density at radius 3 is 2.38 bits per heavy atom. The fraction of sp³-hybridized carbons (Fsp3) is 0.600. The van der Waals surface area contributed by atoms with Gasteiger partial charge >= 0.3 is 0 Å². The maximum atomic E-state index is 12.3. The molecule has 2 N–H and O–H groups in total. The van der Waals surface area contributed by atoms with Gasteiger partial charge in [-0.25, -0.2) is 8.42 Å². The molecule has 0 atom stereocenters. The van der Waals surface area contributed by atoms with Gasteiger partial charge in [0.05, 0.1) is 11.5 Å². The van der Waals surface area contributed by atoms with Crippen LogP contribution in [-0.2, 0) is 15.6 Å². The zero-order chi connectivity index (χ0) is 14.9. The second kappa shape index (κ2) is 5.75. The van der Waals surface area contributed by atoms with E-state index in [9.17, 15) is 8.42 Å². The van der Waals surface area contributed by atoms with Gasteiger partial charge in [0, 0.05) is 11.8 Å². The maximum Gasteiger partial charge on any atom is 0.163 e. The molecule has 5 nitrogen and oxygen atoms in total. The molecule has 1 heterocycles. The van der Waals surface area contributed by atoms with Crippen LogP contribution in [0.1, 0.15) is 31.2 Å². The molecule has 3 rings (SSSR count). The van der Waals surface area contributed by atoms with E-state index in [-0.39, 0.29) is 11.5 Å². The van der Waals surface area contributed by atoms with Crippen molar-refractivity contribution in [2.24, 2.45) is 5.92 Å². The quantitative estimate of drug-likeness (QED) is 0.862. The Morgan fingerprint density at radius 1 is 1.10 bits per heavy atom. The Labute approximate surface area is 125 Å². The van der Waals surface area contributed by atoms with E-state index in [1.807, 2.05) is 0 Å². The number of nitrogens with two attached hydrogens (primary N) is 1. The summed E-state index contributed by atoms with van der Waals surface area (Å²) in [5.41, 5.74) is 7.02. The lowest BCUT2D eigenvalue weighted by atomic mass is 10.1. The molecule has 2 aliphatic rings. The van der Waals surface area contributed by atoms with Crippen LogP contribution in [0.5, 0.6) is 11.5 Å². The van der Waals surface area contributed by atoms with Gasteiger partial charge in [0.15, 0.2) is 21.3 Å². The number of hydrogen-bond acceptors (Lipinski definition) is 5. The summed E-state index contributed by atoms with van der Waals surface area (Å²) in [7, 11) is -3.14. The lowest BCUT2D eigenvalue weighted by Gasteiger charge is -2.20. The highest BCUT2D eigenvalue weighted by Crippen LogP contribution is 2.35. The molecule has 0 unspecified atom stereocenters. The maximum absolute atomic E-state index is 12.3. The van der Waals surface area contributed by atoms with E-state index in [1.54, 1.807) is 12.1 Å². The van der Waals surface area contributed by atoms with Gasteiger partial charge in [-0.05, 0) is 30.4 Å². The Kier molecular flexibility index (Phi) is 3.97. The molecule has 21 heavy (non-hydrogen) atoms. The number of hydrogen-bond donors (Lipinski definition) is 1. The molecule has 0 spiro atoms. The van der Waals surface area contributed by atoms with E-state index in [0.717, 1.165) is 25.7 Å². The van der Waals surface area contributed by atoms with Gasteiger partial charge in [-0.15, -0.1) is 0 Å². The van der Waals surface area contributed by atoms with Crippen LogP contribution >= 0.6 is 0 Å². The third-order valence-corrected chi connectivity index (χ3v) is 5.87. The molecule has 116 valence electrons. The summed E-state index contributed by atoms with van der Waals surface area (Å²) < 4.78 is 35.6. The van der Waals surface area contributed by atoms with E-state index < -0.39 is 9.84 Å². The molecule has 0 amide bonds. The standard InChI is InChI=1S/C15H21NO4S/c16-13-8-15-14(19-5-6-20-15)7-12(13)10-21(17,18)9-11-3-1-2-4-11/h7-8,11H,1-6,9-10,16H2. The second-order valence-corrected chi connectivity index (χ2v) is 8.01. The van der Waals surface area contributed by atoms with Crippen molar-refractivity contribution >= 4 is 15.5 Å². The number of anilines is 1. The third-order valence-electron chi connectivity index (χ3n) is 4.14. The van der Waals surface area contributed by atoms with Crippen molar-refractivity contribution < 1.29 is 17.9 Å². The molecular weight excluding hydrogens is 290 g/mol. The summed E-state index contributed by atoms with van der Waals surface area (Å²) >= 11 is 0. The summed E-state index contributed by atoms with van der Waals surface area (Å²) in [5, 5.41) is 0. The Bertz CT molecular complexity index is 621. The Hall–Kier alpha value is -1.43. The summed E-state index contributed by atoms with van der Waals surface area (Å²) in [6.45, 7) is 0.969. The summed E-state index contributed by atoms with van der Waals surface area (Å²) in [6.07, 6.45) is 4.34. The van der Waals surface area contributed by atoms with Gasteiger partial charge in [0.2, 0.25) is 0 Å². The summed E-state index contributed by atoms with van der Waals surface area (Å²) in [4.78, 5) is 0. The lowest BCUT2D eigenvalue weighted by molar-refractivity contribution is 0.171. The predicted octanol–water partition coefficient (Wildman–Crippen LogP) is 2.15. The highest BCUT2D eigenvalue weighted by Gasteiger charge is 2.24. The SMILES string of the molecule is Nc1cc2c(cc1CS(=O)(=O)CC1CCCC1)OCCO2. The zero-order valence-corrected chi connectivity index (χ0v) is 12.8. The van der Waals surface area contributed by atoms with Crippen molar-refractivity contribution in [1.29, 1.82) is 0 Å². The minimum atomic E-state index is -3.14. The van der Waals surface area contributed by atoms with Crippen molar-refractivity contribution in [3.8, 4) is 11.5 Å². The average Bonchev–Trinajstić information content (AvgIpc) is 2.91. The van der Waals surface area contributed by atoms with E-state index in [0.29, 0.717) is 41.9 Å². The fourth-order valence-corrected chi connectivity index (χ4v) is 5.00. The highest BCUT2D eigenvalue weighted by molar-refractivity contribution is 7.90. The summed E-state index contributed by atoms with van der Waals surface area (Å²) in [5.74, 6) is 1.73. The molecule has 1 aliphatic heterocycles. The molecule has 0 aromatic heterocycles. The van der Waals surface area contributed by atoms with Gasteiger partial charge in [-0.2, -0.15) is 0 Å². The van der Waals surface area contributed by atoms with E-state index in [4.69, 9.17) is 15.2 Å². The molecular formula is C15H21NO4S. The van der Waals surface area contributed by atoms with E-state index in [1.165, 1.54) is 0 Å².